The van der Waals surface area contributed by atoms with E-state index in [1.807, 2.05) is 30.3 Å². The van der Waals surface area contributed by atoms with Crippen molar-refractivity contribution in [2.24, 2.45) is 0 Å². The molecule has 1 aliphatic heterocycles. The summed E-state index contributed by atoms with van der Waals surface area (Å²) in [7, 11) is 3.33. The summed E-state index contributed by atoms with van der Waals surface area (Å²) in [6, 6.07) is 21.1. The Morgan fingerprint density at radius 2 is 1.52 bits per heavy atom. The number of imide groups is 1. The number of carbonyl (C=O) groups is 2. The van der Waals surface area contributed by atoms with Crippen LogP contribution in [0.15, 0.2) is 78.5 Å². The first kappa shape index (κ1) is 21.0. The lowest BCUT2D eigenvalue weighted by Gasteiger charge is -2.21. The van der Waals surface area contributed by atoms with E-state index in [-0.39, 0.29) is 10.7 Å². The first-order valence-electron chi connectivity index (χ1n) is 9.43. The van der Waals surface area contributed by atoms with Crippen LogP contribution in [0.5, 0.6) is 5.75 Å². The highest BCUT2D eigenvalue weighted by molar-refractivity contribution is 6.47. The third-order valence-corrected chi connectivity index (χ3v) is 5.82. The van der Waals surface area contributed by atoms with Gasteiger partial charge in [-0.3, -0.25) is 9.59 Å². The van der Waals surface area contributed by atoms with Gasteiger partial charge in [0.05, 0.1) is 28.4 Å². The monoisotopic (exact) mass is 452 g/mol. The summed E-state index contributed by atoms with van der Waals surface area (Å²) in [6.45, 7) is 0. The molecule has 2 amide bonds. The minimum absolute atomic E-state index is 0.260. The number of hydrogen-bond acceptors (Lipinski definition) is 4. The third-order valence-electron chi connectivity index (χ3n) is 5.08. The molecule has 3 aromatic carbocycles. The van der Waals surface area contributed by atoms with Crippen molar-refractivity contribution in [1.29, 1.82) is 0 Å². The summed E-state index contributed by atoms with van der Waals surface area (Å²) >= 11 is 12.2. The lowest BCUT2D eigenvalue weighted by molar-refractivity contribution is -0.120. The first-order chi connectivity index (χ1) is 14.9. The highest BCUT2D eigenvalue weighted by atomic mass is 35.5. The summed E-state index contributed by atoms with van der Waals surface area (Å²) in [5, 5.41) is 0.602. The molecule has 0 bridgehead atoms. The van der Waals surface area contributed by atoms with E-state index in [0.717, 1.165) is 10.6 Å². The van der Waals surface area contributed by atoms with E-state index in [1.165, 1.54) is 6.07 Å². The largest absolute Gasteiger partial charge is 0.497 e. The Labute approximate surface area is 190 Å². The van der Waals surface area contributed by atoms with Crippen molar-refractivity contribution in [2.45, 2.75) is 0 Å². The van der Waals surface area contributed by atoms with Crippen LogP contribution < -0.4 is 14.5 Å². The van der Waals surface area contributed by atoms with E-state index >= 15 is 0 Å². The van der Waals surface area contributed by atoms with Crippen LogP contribution in [-0.4, -0.2) is 26.0 Å². The molecule has 7 heteroatoms. The molecule has 0 atom stereocenters. The normalized spacial score (nSPS) is 13.7. The molecule has 156 valence electrons. The average molecular weight is 453 g/mol. The maximum Gasteiger partial charge on any atom is 0.282 e. The number of amides is 2. The number of benzene rings is 3. The van der Waals surface area contributed by atoms with E-state index in [0.29, 0.717) is 27.6 Å². The molecule has 5 nitrogen and oxygen atoms in total. The molecule has 4 rings (SSSR count). The molecular weight excluding hydrogens is 435 g/mol. The van der Waals surface area contributed by atoms with E-state index in [2.05, 4.69) is 0 Å². The molecule has 0 radical (unpaired) electrons. The summed E-state index contributed by atoms with van der Waals surface area (Å²) in [5.74, 6) is -0.229. The summed E-state index contributed by atoms with van der Waals surface area (Å²) in [4.78, 5) is 29.9. The number of carbonyl (C=O) groups excluding carboxylic acids is 2. The molecule has 0 saturated carbocycles. The average Bonchev–Trinajstić information content (AvgIpc) is 3.05. The number of likely N-dealkylation sites (N-methyl/N-ethyl adjacent to an activating group) is 1. The molecule has 3 aromatic rings. The Kier molecular flexibility index (Phi) is 5.72. The predicted molar refractivity (Wildman–Crippen MR) is 124 cm³/mol. The van der Waals surface area contributed by atoms with E-state index in [1.54, 1.807) is 55.5 Å². The smallest absolute Gasteiger partial charge is 0.282 e. The van der Waals surface area contributed by atoms with Gasteiger partial charge in [-0.15, -0.1) is 0 Å². The maximum atomic E-state index is 13.5. The molecule has 0 aromatic heterocycles. The molecule has 0 unspecified atom stereocenters. The minimum Gasteiger partial charge on any atom is -0.497 e. The van der Waals surface area contributed by atoms with Crippen LogP contribution >= 0.6 is 23.2 Å². The first-order valence-corrected chi connectivity index (χ1v) is 10.2. The van der Waals surface area contributed by atoms with Crippen molar-refractivity contribution in [3.05, 3.63) is 94.1 Å². The van der Waals surface area contributed by atoms with E-state index < -0.39 is 11.8 Å². The van der Waals surface area contributed by atoms with Crippen molar-refractivity contribution in [2.75, 3.05) is 24.0 Å². The zero-order valence-electron chi connectivity index (χ0n) is 16.8. The number of hydrogen-bond donors (Lipinski definition) is 0. The molecule has 1 heterocycles. The van der Waals surface area contributed by atoms with Crippen molar-refractivity contribution in [3.8, 4) is 5.75 Å². The second-order valence-corrected chi connectivity index (χ2v) is 7.71. The Morgan fingerprint density at radius 1 is 0.839 bits per heavy atom. The molecule has 0 aliphatic carbocycles. The van der Waals surface area contributed by atoms with Crippen LogP contribution in [0.3, 0.4) is 0 Å². The number of ether oxygens (including phenoxy) is 1. The lowest BCUT2D eigenvalue weighted by Crippen LogP contribution is -2.34. The van der Waals surface area contributed by atoms with Crippen molar-refractivity contribution >= 4 is 52.0 Å². The summed E-state index contributed by atoms with van der Waals surface area (Å²) in [5.41, 5.74) is 2.31. The van der Waals surface area contributed by atoms with Gasteiger partial charge in [-0.05, 0) is 48.0 Å². The van der Waals surface area contributed by atoms with Crippen molar-refractivity contribution in [1.82, 2.24) is 0 Å². The van der Waals surface area contributed by atoms with Crippen molar-refractivity contribution < 1.29 is 14.3 Å². The quantitative estimate of drug-likeness (QED) is 0.484. The Morgan fingerprint density at radius 3 is 2.13 bits per heavy atom. The predicted octanol–water partition coefficient (Wildman–Crippen LogP) is 5.42. The van der Waals surface area contributed by atoms with Gasteiger partial charge < -0.3 is 9.64 Å². The zero-order chi connectivity index (χ0) is 22.1. The van der Waals surface area contributed by atoms with Crippen LogP contribution in [0.4, 0.5) is 11.4 Å². The van der Waals surface area contributed by atoms with Gasteiger partial charge in [0.1, 0.15) is 11.4 Å². The fourth-order valence-electron chi connectivity index (χ4n) is 3.49. The highest BCUT2D eigenvalue weighted by Crippen LogP contribution is 2.38. The zero-order valence-corrected chi connectivity index (χ0v) is 18.3. The molecule has 1 aliphatic rings. The molecule has 0 fully saturated rings. The van der Waals surface area contributed by atoms with Gasteiger partial charge >= 0.3 is 0 Å². The summed E-state index contributed by atoms with van der Waals surface area (Å²) in [6.07, 6.45) is 0. The van der Waals surface area contributed by atoms with Gasteiger partial charge in [0.2, 0.25) is 0 Å². The van der Waals surface area contributed by atoms with Gasteiger partial charge in [0.15, 0.2) is 0 Å². The Bertz CT molecular complexity index is 1190. The third kappa shape index (κ3) is 3.78. The fraction of sp³-hybridized carbons (Fsp3) is 0.0833. The van der Waals surface area contributed by atoms with E-state index in [4.69, 9.17) is 27.9 Å². The number of rotatable bonds is 5. The van der Waals surface area contributed by atoms with Gasteiger partial charge in [-0.1, -0.05) is 53.5 Å². The topological polar surface area (TPSA) is 49.9 Å². The molecular formula is C24H18Cl2N2O3. The van der Waals surface area contributed by atoms with Crippen LogP contribution in [0.2, 0.25) is 10.0 Å². The number of halogens is 2. The van der Waals surface area contributed by atoms with Gasteiger partial charge in [-0.25, -0.2) is 4.90 Å². The van der Waals surface area contributed by atoms with Crippen molar-refractivity contribution in [3.63, 3.8) is 0 Å². The SMILES string of the molecule is COc1ccc(C2=C(N(C)c3ccccc3)C(=O)N(c3ccc(Cl)c(Cl)c3)C2=O)cc1. The Hall–Kier alpha value is -3.28. The number of para-hydroxylation sites is 1. The standard InChI is InChI=1S/C24H18Cl2N2O3/c1-27(16-6-4-3-5-7-16)22-21(15-8-11-18(31-2)12-9-15)23(29)28(24(22)30)17-10-13-19(25)20(26)14-17/h3-14H,1-2H3. The molecule has 31 heavy (non-hydrogen) atoms. The van der Waals surface area contributed by atoms with E-state index in [9.17, 15) is 9.59 Å². The van der Waals surface area contributed by atoms with Crippen LogP contribution in [0.1, 0.15) is 5.56 Å². The second kappa shape index (κ2) is 8.46. The number of anilines is 2. The fourth-order valence-corrected chi connectivity index (χ4v) is 3.78. The molecule has 0 saturated heterocycles. The van der Waals surface area contributed by atoms with Crippen LogP contribution in [-0.2, 0) is 9.59 Å². The summed E-state index contributed by atoms with van der Waals surface area (Å²) < 4.78 is 5.22. The van der Waals surface area contributed by atoms with Gasteiger partial charge in [-0.2, -0.15) is 0 Å². The molecule has 0 spiro atoms. The number of methoxy groups -OCH3 is 1. The lowest BCUT2D eigenvalue weighted by atomic mass is 10.0. The highest BCUT2D eigenvalue weighted by Gasteiger charge is 2.42. The van der Waals surface area contributed by atoms with Gasteiger partial charge in [0.25, 0.3) is 11.8 Å². The minimum atomic E-state index is -0.444. The van der Waals surface area contributed by atoms with Crippen LogP contribution in [0, 0.1) is 0 Å². The Balaban J connectivity index is 1.87. The molecule has 0 N–H and O–H groups in total. The van der Waals surface area contributed by atoms with Gasteiger partial charge in [0, 0.05) is 12.7 Å². The second-order valence-electron chi connectivity index (χ2n) is 6.89. The number of nitrogens with zero attached hydrogens (tertiary/aromatic N) is 2. The maximum absolute atomic E-state index is 13.5. The van der Waals surface area contributed by atoms with Crippen LogP contribution in [0.25, 0.3) is 5.57 Å².